The topological polar surface area (TPSA) is 82.9 Å². The molecule has 47 heavy (non-hydrogen) atoms. The number of piperazine rings is 1. The van der Waals surface area contributed by atoms with Crippen molar-refractivity contribution in [1.82, 2.24) is 19.4 Å². The molecule has 1 saturated heterocycles. The van der Waals surface area contributed by atoms with Gasteiger partial charge < -0.3 is 19.5 Å². The molecule has 244 valence electrons. The predicted octanol–water partition coefficient (Wildman–Crippen LogP) is 8.27. The first-order valence-electron chi connectivity index (χ1n) is 15.1. The standard InChI is InChI=1S/C35H34Cl2N6O3.BrH/c1-3-43(35(45)39-26-9-12-29(36)30(37)21-26)27-10-14-33(38-22-27)46-28-11-13-31-25(19-28)20-32(40(31)2)34(44)42-17-15-41(16-18-42)23-24-7-5-4-6-8-24;/h4-14,19-22H,3,15-18,23H2,1-2H3,(H,39,45);1H. The zero-order valence-corrected chi connectivity index (χ0v) is 29.3. The average molecular weight is 739 g/mol. The molecule has 0 aliphatic carbocycles. The summed E-state index contributed by atoms with van der Waals surface area (Å²) < 4.78 is 7.99. The van der Waals surface area contributed by atoms with Crippen molar-refractivity contribution < 1.29 is 14.3 Å². The molecule has 0 saturated carbocycles. The van der Waals surface area contributed by atoms with Crippen molar-refractivity contribution in [2.75, 3.05) is 42.9 Å². The number of nitrogens with one attached hydrogen (secondary N) is 1. The van der Waals surface area contributed by atoms with E-state index in [1.54, 1.807) is 41.4 Å². The Morgan fingerprint density at radius 1 is 0.915 bits per heavy atom. The normalized spacial score (nSPS) is 13.2. The van der Waals surface area contributed by atoms with Crippen LogP contribution in [0.2, 0.25) is 10.0 Å². The zero-order chi connectivity index (χ0) is 32.2. The molecule has 1 aliphatic heterocycles. The number of urea groups is 1. The van der Waals surface area contributed by atoms with Gasteiger partial charge in [0.2, 0.25) is 5.88 Å². The zero-order valence-electron chi connectivity index (χ0n) is 26.0. The van der Waals surface area contributed by atoms with E-state index in [2.05, 4.69) is 39.5 Å². The van der Waals surface area contributed by atoms with Gasteiger partial charge in [0, 0.05) is 69.0 Å². The maximum absolute atomic E-state index is 13.5. The number of ether oxygens (including phenoxy) is 1. The van der Waals surface area contributed by atoms with Gasteiger partial charge in [-0.25, -0.2) is 9.78 Å². The summed E-state index contributed by atoms with van der Waals surface area (Å²) in [5, 5.41) is 4.50. The van der Waals surface area contributed by atoms with Gasteiger partial charge in [0.05, 0.1) is 21.9 Å². The lowest BCUT2D eigenvalue weighted by Crippen LogP contribution is -2.48. The molecule has 2 aromatic heterocycles. The van der Waals surface area contributed by atoms with Crippen LogP contribution in [0, 0.1) is 0 Å². The van der Waals surface area contributed by atoms with Crippen LogP contribution >= 0.6 is 40.2 Å². The lowest BCUT2D eigenvalue weighted by Gasteiger charge is -2.34. The third kappa shape index (κ3) is 7.90. The van der Waals surface area contributed by atoms with Crippen LogP contribution in [0.1, 0.15) is 23.0 Å². The molecule has 3 heterocycles. The number of hydrogen-bond donors (Lipinski definition) is 1. The van der Waals surface area contributed by atoms with Crippen molar-refractivity contribution in [3.8, 4) is 11.6 Å². The number of amides is 3. The van der Waals surface area contributed by atoms with Gasteiger partial charge in [-0.3, -0.25) is 14.6 Å². The summed E-state index contributed by atoms with van der Waals surface area (Å²) in [6.07, 6.45) is 1.59. The lowest BCUT2D eigenvalue weighted by atomic mass is 10.2. The molecule has 0 spiro atoms. The summed E-state index contributed by atoms with van der Waals surface area (Å²) in [4.78, 5) is 36.8. The highest BCUT2D eigenvalue weighted by atomic mass is 79.9. The number of carbonyl (C=O) groups is 2. The first-order valence-corrected chi connectivity index (χ1v) is 15.9. The highest BCUT2D eigenvalue weighted by Gasteiger charge is 2.25. The second-order valence-corrected chi connectivity index (χ2v) is 11.9. The number of pyridine rings is 1. The fraction of sp³-hybridized carbons (Fsp3) is 0.229. The average Bonchev–Trinajstić information content (AvgIpc) is 3.39. The SMILES string of the molecule is Br.CCN(C(=O)Nc1ccc(Cl)c(Cl)c1)c1ccc(Oc2ccc3c(c2)cc(C(=O)N2CCN(Cc4ccccc4)CC2)n3C)nc1. The molecular formula is C35H35BrCl2N6O3. The smallest absolute Gasteiger partial charge is 0.326 e. The van der Waals surface area contributed by atoms with Crippen LogP contribution in [0.5, 0.6) is 11.6 Å². The molecule has 0 radical (unpaired) electrons. The Morgan fingerprint density at radius 2 is 1.68 bits per heavy atom. The van der Waals surface area contributed by atoms with Crippen molar-refractivity contribution in [1.29, 1.82) is 0 Å². The predicted molar refractivity (Wildman–Crippen MR) is 194 cm³/mol. The van der Waals surface area contributed by atoms with Crippen molar-refractivity contribution in [3.63, 3.8) is 0 Å². The first kappa shape index (κ1) is 34.3. The molecule has 1 N–H and O–H groups in total. The molecule has 0 bridgehead atoms. The quantitative estimate of drug-likeness (QED) is 0.173. The molecule has 3 aromatic carbocycles. The Morgan fingerprint density at radius 3 is 2.36 bits per heavy atom. The van der Waals surface area contributed by atoms with Crippen LogP contribution in [0.25, 0.3) is 10.9 Å². The van der Waals surface area contributed by atoms with E-state index >= 15 is 0 Å². The van der Waals surface area contributed by atoms with Gasteiger partial charge in [-0.15, -0.1) is 17.0 Å². The Labute approximate surface area is 294 Å². The summed E-state index contributed by atoms with van der Waals surface area (Å²) in [5.41, 5.74) is 4.01. The second kappa shape index (κ2) is 15.2. The summed E-state index contributed by atoms with van der Waals surface area (Å²) in [7, 11) is 1.92. The van der Waals surface area contributed by atoms with Gasteiger partial charge in [0.15, 0.2) is 0 Å². The second-order valence-electron chi connectivity index (χ2n) is 11.1. The first-order chi connectivity index (χ1) is 22.3. The minimum Gasteiger partial charge on any atom is -0.439 e. The number of aromatic nitrogens is 2. The fourth-order valence-corrected chi connectivity index (χ4v) is 5.93. The number of hydrogen-bond acceptors (Lipinski definition) is 5. The molecule has 6 rings (SSSR count). The summed E-state index contributed by atoms with van der Waals surface area (Å²) in [5.74, 6) is 1.00. The van der Waals surface area contributed by atoms with E-state index in [0.29, 0.717) is 58.4 Å². The molecular weight excluding hydrogens is 703 g/mol. The van der Waals surface area contributed by atoms with E-state index in [1.165, 1.54) is 5.56 Å². The maximum atomic E-state index is 13.5. The Kier molecular flexibility index (Phi) is 11.1. The van der Waals surface area contributed by atoms with Crippen LogP contribution < -0.4 is 15.0 Å². The van der Waals surface area contributed by atoms with Crippen LogP contribution in [-0.4, -0.2) is 64.0 Å². The molecule has 0 atom stereocenters. The molecule has 5 aromatic rings. The lowest BCUT2D eigenvalue weighted by molar-refractivity contribution is 0.0619. The Balaban J connectivity index is 0.00000433. The van der Waals surface area contributed by atoms with Crippen molar-refractivity contribution in [3.05, 3.63) is 112 Å². The summed E-state index contributed by atoms with van der Waals surface area (Å²) in [6, 6.07) is 26.1. The van der Waals surface area contributed by atoms with Crippen molar-refractivity contribution >= 4 is 74.4 Å². The van der Waals surface area contributed by atoms with E-state index in [4.69, 9.17) is 27.9 Å². The molecule has 9 nitrogen and oxygen atoms in total. The molecule has 1 aliphatic rings. The monoisotopic (exact) mass is 736 g/mol. The Hall–Kier alpha value is -4.09. The van der Waals surface area contributed by atoms with Gasteiger partial charge in [-0.05, 0) is 61.0 Å². The van der Waals surface area contributed by atoms with Gasteiger partial charge in [-0.2, -0.15) is 0 Å². The van der Waals surface area contributed by atoms with Crippen LogP contribution in [-0.2, 0) is 13.6 Å². The van der Waals surface area contributed by atoms with Gasteiger partial charge in [-0.1, -0.05) is 53.5 Å². The fourth-order valence-electron chi connectivity index (χ4n) is 5.63. The maximum Gasteiger partial charge on any atom is 0.326 e. The largest absolute Gasteiger partial charge is 0.439 e. The third-order valence-corrected chi connectivity index (χ3v) is 8.87. The summed E-state index contributed by atoms with van der Waals surface area (Å²) >= 11 is 12.1. The third-order valence-electron chi connectivity index (χ3n) is 8.13. The number of anilines is 2. The minimum atomic E-state index is -0.328. The van der Waals surface area contributed by atoms with Crippen molar-refractivity contribution in [2.24, 2.45) is 7.05 Å². The number of nitrogens with zero attached hydrogens (tertiary/aromatic N) is 5. The summed E-state index contributed by atoms with van der Waals surface area (Å²) in [6.45, 7) is 6.25. The number of fused-ring (bicyclic) bond motifs is 1. The van der Waals surface area contributed by atoms with Crippen molar-refractivity contribution in [2.45, 2.75) is 13.5 Å². The minimum absolute atomic E-state index is 0. The number of carbonyl (C=O) groups excluding carboxylic acids is 2. The van der Waals surface area contributed by atoms with Gasteiger partial charge >= 0.3 is 6.03 Å². The van der Waals surface area contributed by atoms with Crippen LogP contribution in [0.15, 0.2) is 91.1 Å². The van der Waals surface area contributed by atoms with E-state index < -0.39 is 0 Å². The van der Waals surface area contributed by atoms with Crippen LogP contribution in [0.3, 0.4) is 0 Å². The molecule has 12 heteroatoms. The number of aryl methyl sites for hydroxylation is 1. The number of rotatable bonds is 8. The van der Waals surface area contributed by atoms with E-state index in [1.807, 2.05) is 53.8 Å². The number of halogens is 3. The van der Waals surface area contributed by atoms with E-state index in [9.17, 15) is 9.59 Å². The van der Waals surface area contributed by atoms with E-state index in [-0.39, 0.29) is 28.9 Å². The molecule has 1 fully saturated rings. The Bertz CT molecular complexity index is 1860. The number of benzene rings is 3. The van der Waals surface area contributed by atoms with Crippen LogP contribution in [0.4, 0.5) is 16.2 Å². The molecule has 3 amide bonds. The van der Waals surface area contributed by atoms with Gasteiger partial charge in [0.25, 0.3) is 5.91 Å². The highest BCUT2D eigenvalue weighted by Crippen LogP contribution is 2.29. The molecule has 0 unspecified atom stereocenters. The van der Waals surface area contributed by atoms with E-state index in [0.717, 1.165) is 30.5 Å². The van der Waals surface area contributed by atoms with Gasteiger partial charge in [0.1, 0.15) is 11.4 Å². The highest BCUT2D eigenvalue weighted by molar-refractivity contribution is 8.93.